The highest BCUT2D eigenvalue weighted by molar-refractivity contribution is 9.10. The molecule has 0 saturated heterocycles. The molecule has 4 heteroatoms. The van der Waals surface area contributed by atoms with Gasteiger partial charge in [-0.3, -0.25) is 0 Å². The summed E-state index contributed by atoms with van der Waals surface area (Å²) in [6.45, 7) is 0.548. The third kappa shape index (κ3) is 3.58. The van der Waals surface area contributed by atoms with Gasteiger partial charge in [0.25, 0.3) is 0 Å². The van der Waals surface area contributed by atoms with Crippen molar-refractivity contribution in [1.29, 1.82) is 0 Å². The average molecular weight is 279 g/mol. The second kappa shape index (κ2) is 5.71. The van der Waals surface area contributed by atoms with Crippen molar-refractivity contribution in [2.45, 2.75) is 12.5 Å². The first kappa shape index (κ1) is 12.0. The van der Waals surface area contributed by atoms with Crippen LogP contribution < -0.4 is 5.73 Å². The van der Waals surface area contributed by atoms with Gasteiger partial charge >= 0.3 is 0 Å². The highest BCUT2D eigenvalue weighted by Gasteiger charge is 2.07. The number of halogens is 2. The fourth-order valence-electron chi connectivity index (χ4n) is 1.24. The van der Waals surface area contributed by atoms with E-state index in [1.54, 1.807) is 7.11 Å². The van der Waals surface area contributed by atoms with Crippen molar-refractivity contribution in [3.8, 4) is 0 Å². The van der Waals surface area contributed by atoms with Gasteiger partial charge in [0.1, 0.15) is 0 Å². The molecular formula is C10H13BrClNO. The summed E-state index contributed by atoms with van der Waals surface area (Å²) in [6, 6.07) is 5.80. The Hall–Kier alpha value is -0.0900. The van der Waals surface area contributed by atoms with Crippen LogP contribution in [0.1, 0.15) is 5.56 Å². The monoisotopic (exact) mass is 277 g/mol. The lowest BCUT2D eigenvalue weighted by Crippen LogP contribution is -2.28. The summed E-state index contributed by atoms with van der Waals surface area (Å²) in [6.07, 6.45) is 0.736. The van der Waals surface area contributed by atoms with E-state index in [9.17, 15) is 0 Å². The molecular weight excluding hydrogens is 265 g/mol. The highest BCUT2D eigenvalue weighted by atomic mass is 79.9. The summed E-state index contributed by atoms with van der Waals surface area (Å²) in [5.74, 6) is 0. The van der Waals surface area contributed by atoms with Crippen LogP contribution in [0.5, 0.6) is 0 Å². The molecule has 1 unspecified atom stereocenters. The Morgan fingerprint density at radius 2 is 2.29 bits per heavy atom. The van der Waals surface area contributed by atoms with Gasteiger partial charge in [0.2, 0.25) is 0 Å². The molecule has 0 aliphatic carbocycles. The van der Waals surface area contributed by atoms with Gasteiger partial charge in [0.05, 0.1) is 6.61 Å². The van der Waals surface area contributed by atoms with Crippen molar-refractivity contribution in [2.75, 3.05) is 13.7 Å². The smallest absolute Gasteiger partial charge is 0.0616 e. The molecule has 2 nitrogen and oxygen atoms in total. The minimum absolute atomic E-state index is 0.00123. The van der Waals surface area contributed by atoms with Crippen LogP contribution in [0.2, 0.25) is 5.02 Å². The summed E-state index contributed by atoms with van der Waals surface area (Å²) in [4.78, 5) is 0. The molecule has 1 rings (SSSR count). The maximum atomic E-state index is 6.05. The second-order valence-electron chi connectivity index (χ2n) is 3.16. The normalized spacial score (nSPS) is 12.9. The Morgan fingerprint density at radius 3 is 2.86 bits per heavy atom. The summed E-state index contributed by atoms with van der Waals surface area (Å²) >= 11 is 9.40. The van der Waals surface area contributed by atoms with Crippen molar-refractivity contribution in [1.82, 2.24) is 0 Å². The molecule has 0 fully saturated rings. The van der Waals surface area contributed by atoms with E-state index >= 15 is 0 Å². The van der Waals surface area contributed by atoms with Gasteiger partial charge in [-0.2, -0.15) is 0 Å². The lowest BCUT2D eigenvalue weighted by Gasteiger charge is -2.11. The number of benzene rings is 1. The zero-order valence-electron chi connectivity index (χ0n) is 7.97. The van der Waals surface area contributed by atoms with E-state index in [2.05, 4.69) is 15.9 Å². The Morgan fingerprint density at radius 1 is 1.57 bits per heavy atom. The largest absolute Gasteiger partial charge is 0.383 e. The van der Waals surface area contributed by atoms with Crippen molar-refractivity contribution in [2.24, 2.45) is 5.73 Å². The van der Waals surface area contributed by atoms with E-state index in [1.165, 1.54) is 0 Å². The first-order chi connectivity index (χ1) is 6.63. The molecule has 0 spiro atoms. The molecule has 0 heterocycles. The third-order valence-electron chi connectivity index (χ3n) is 1.88. The fourth-order valence-corrected chi connectivity index (χ4v) is 1.99. The number of methoxy groups -OCH3 is 1. The number of rotatable bonds is 4. The molecule has 0 aliphatic heterocycles. The van der Waals surface area contributed by atoms with Gasteiger partial charge in [-0.25, -0.2) is 0 Å². The topological polar surface area (TPSA) is 35.2 Å². The summed E-state index contributed by atoms with van der Waals surface area (Å²) in [7, 11) is 1.64. The molecule has 78 valence electrons. The van der Waals surface area contributed by atoms with Crippen LogP contribution in [0.15, 0.2) is 22.7 Å². The Bertz CT molecular complexity index is 306. The van der Waals surface area contributed by atoms with Gasteiger partial charge in [0.15, 0.2) is 0 Å². The number of hydrogen-bond acceptors (Lipinski definition) is 2. The predicted octanol–water partition coefficient (Wildman–Crippen LogP) is 2.62. The van der Waals surface area contributed by atoms with Crippen molar-refractivity contribution >= 4 is 27.5 Å². The SMILES string of the molecule is COCC(N)Cc1ccc(Br)cc1Cl. The van der Waals surface area contributed by atoms with Crippen LogP contribution in [0.25, 0.3) is 0 Å². The predicted molar refractivity (Wildman–Crippen MR) is 62.7 cm³/mol. The third-order valence-corrected chi connectivity index (χ3v) is 2.72. The minimum atomic E-state index is -0.00123. The molecule has 1 aromatic carbocycles. The molecule has 0 aliphatic rings. The highest BCUT2D eigenvalue weighted by Crippen LogP contribution is 2.22. The summed E-state index contributed by atoms with van der Waals surface area (Å²) in [5.41, 5.74) is 6.88. The summed E-state index contributed by atoms with van der Waals surface area (Å²) in [5, 5.41) is 0.742. The maximum absolute atomic E-state index is 6.05. The molecule has 0 amide bonds. The molecule has 0 radical (unpaired) electrons. The van der Waals surface area contributed by atoms with E-state index in [1.807, 2.05) is 18.2 Å². The van der Waals surface area contributed by atoms with E-state index in [0.29, 0.717) is 6.61 Å². The van der Waals surface area contributed by atoms with Gasteiger partial charge in [-0.15, -0.1) is 0 Å². The number of nitrogens with two attached hydrogens (primary N) is 1. The zero-order chi connectivity index (χ0) is 10.6. The van der Waals surface area contributed by atoms with Crippen molar-refractivity contribution < 1.29 is 4.74 Å². The number of hydrogen-bond donors (Lipinski definition) is 1. The maximum Gasteiger partial charge on any atom is 0.0616 e. The van der Waals surface area contributed by atoms with Crippen molar-refractivity contribution in [3.63, 3.8) is 0 Å². The molecule has 14 heavy (non-hydrogen) atoms. The van der Waals surface area contributed by atoms with Gasteiger partial charge < -0.3 is 10.5 Å². The molecule has 1 aromatic rings. The van der Waals surface area contributed by atoms with E-state index < -0.39 is 0 Å². The van der Waals surface area contributed by atoms with Crippen LogP contribution in [-0.2, 0) is 11.2 Å². The second-order valence-corrected chi connectivity index (χ2v) is 4.48. The lowest BCUT2D eigenvalue weighted by atomic mass is 10.1. The van der Waals surface area contributed by atoms with Crippen LogP contribution >= 0.6 is 27.5 Å². The first-order valence-electron chi connectivity index (χ1n) is 4.32. The van der Waals surface area contributed by atoms with Gasteiger partial charge in [-0.1, -0.05) is 33.6 Å². The molecule has 2 N–H and O–H groups in total. The van der Waals surface area contributed by atoms with E-state index in [4.69, 9.17) is 22.1 Å². The fraction of sp³-hybridized carbons (Fsp3) is 0.400. The quantitative estimate of drug-likeness (QED) is 0.919. The number of ether oxygens (including phenoxy) is 1. The average Bonchev–Trinajstić information content (AvgIpc) is 2.10. The Balaban J connectivity index is 2.67. The minimum Gasteiger partial charge on any atom is -0.383 e. The molecule has 0 bridgehead atoms. The zero-order valence-corrected chi connectivity index (χ0v) is 10.3. The molecule has 0 aromatic heterocycles. The lowest BCUT2D eigenvalue weighted by molar-refractivity contribution is 0.180. The van der Waals surface area contributed by atoms with Gasteiger partial charge in [-0.05, 0) is 24.1 Å². The van der Waals surface area contributed by atoms with E-state index in [-0.39, 0.29) is 6.04 Å². The first-order valence-corrected chi connectivity index (χ1v) is 5.49. The molecule has 1 atom stereocenters. The van der Waals surface area contributed by atoms with Crippen LogP contribution in [0, 0.1) is 0 Å². The Labute approximate surface area is 97.5 Å². The summed E-state index contributed by atoms with van der Waals surface area (Å²) < 4.78 is 5.94. The Kier molecular flexibility index (Phi) is 4.89. The van der Waals surface area contributed by atoms with Crippen LogP contribution in [0.3, 0.4) is 0 Å². The standard InChI is InChI=1S/C10H13BrClNO/c1-14-6-9(13)4-7-2-3-8(11)5-10(7)12/h2-3,5,9H,4,6,13H2,1H3. The van der Waals surface area contributed by atoms with Crippen LogP contribution in [0.4, 0.5) is 0 Å². The van der Waals surface area contributed by atoms with E-state index in [0.717, 1.165) is 21.5 Å². The molecule has 0 saturated carbocycles. The van der Waals surface area contributed by atoms with Crippen molar-refractivity contribution in [3.05, 3.63) is 33.3 Å². The van der Waals surface area contributed by atoms with Crippen LogP contribution in [-0.4, -0.2) is 19.8 Å². The van der Waals surface area contributed by atoms with Gasteiger partial charge in [0, 0.05) is 22.6 Å².